The molecular weight excluding hydrogens is 222 g/mol. The van der Waals surface area contributed by atoms with Crippen LogP contribution in [0.25, 0.3) is 0 Å². The van der Waals surface area contributed by atoms with E-state index in [2.05, 4.69) is 38.1 Å². The van der Waals surface area contributed by atoms with Gasteiger partial charge in [-0.3, -0.25) is 0 Å². The summed E-state index contributed by atoms with van der Waals surface area (Å²) in [5.41, 5.74) is 8.35. The topological polar surface area (TPSA) is 35.2 Å². The minimum atomic E-state index is 0.0593. The molecule has 0 radical (unpaired) electrons. The predicted molar refractivity (Wildman–Crippen MR) is 75.5 cm³/mol. The van der Waals surface area contributed by atoms with E-state index in [1.54, 1.807) is 0 Å². The van der Waals surface area contributed by atoms with Gasteiger partial charge in [-0.1, -0.05) is 36.8 Å². The number of rotatable bonds is 4. The molecule has 2 N–H and O–H groups in total. The van der Waals surface area contributed by atoms with Crippen LogP contribution in [0.15, 0.2) is 24.3 Å². The quantitative estimate of drug-likeness (QED) is 0.882. The molecule has 0 amide bonds. The molecular formula is C16H25NO. The summed E-state index contributed by atoms with van der Waals surface area (Å²) in [5, 5.41) is 0. The SMILES string of the molecule is Cc1ccc(C(CN)OC2CCC(C)CC2)cc1. The molecule has 1 aromatic carbocycles. The Bertz CT molecular complexity index is 352. The monoisotopic (exact) mass is 247 g/mol. The van der Waals surface area contributed by atoms with E-state index in [1.807, 2.05) is 0 Å². The van der Waals surface area contributed by atoms with Crippen LogP contribution in [0.5, 0.6) is 0 Å². The van der Waals surface area contributed by atoms with Gasteiger partial charge < -0.3 is 10.5 Å². The molecule has 0 aliphatic heterocycles. The highest BCUT2D eigenvalue weighted by molar-refractivity contribution is 5.23. The molecule has 1 saturated carbocycles. The molecule has 1 aliphatic carbocycles. The second kappa shape index (κ2) is 6.35. The molecule has 1 atom stereocenters. The van der Waals surface area contributed by atoms with Crippen molar-refractivity contribution >= 4 is 0 Å². The van der Waals surface area contributed by atoms with Crippen molar-refractivity contribution in [2.45, 2.75) is 51.7 Å². The number of aryl methyl sites for hydroxylation is 1. The number of ether oxygens (including phenoxy) is 1. The second-order valence-electron chi connectivity index (χ2n) is 5.65. The zero-order valence-electron chi connectivity index (χ0n) is 11.6. The maximum absolute atomic E-state index is 6.19. The number of hydrogen-bond donors (Lipinski definition) is 1. The van der Waals surface area contributed by atoms with Crippen LogP contribution < -0.4 is 5.73 Å². The molecule has 1 aliphatic rings. The van der Waals surface area contributed by atoms with Crippen molar-refractivity contribution in [3.8, 4) is 0 Å². The standard InChI is InChI=1S/C16H25NO/c1-12-3-7-14(8-4-12)16(11-17)18-15-9-5-13(2)6-10-15/h3-4,7-8,13,15-16H,5-6,9-11,17H2,1-2H3. The lowest BCUT2D eigenvalue weighted by Crippen LogP contribution is -2.26. The van der Waals surface area contributed by atoms with Crippen LogP contribution in [0, 0.1) is 12.8 Å². The Hall–Kier alpha value is -0.860. The molecule has 0 bridgehead atoms. The molecule has 1 aromatic rings. The van der Waals surface area contributed by atoms with Gasteiger partial charge in [0, 0.05) is 6.54 Å². The van der Waals surface area contributed by atoms with Gasteiger partial charge in [-0.15, -0.1) is 0 Å². The van der Waals surface area contributed by atoms with Gasteiger partial charge in [0.1, 0.15) is 0 Å². The van der Waals surface area contributed by atoms with E-state index >= 15 is 0 Å². The van der Waals surface area contributed by atoms with Crippen molar-refractivity contribution in [1.29, 1.82) is 0 Å². The van der Waals surface area contributed by atoms with Crippen molar-refractivity contribution < 1.29 is 4.74 Å². The summed E-state index contributed by atoms with van der Waals surface area (Å²) in [5.74, 6) is 0.862. The maximum atomic E-state index is 6.19. The molecule has 2 rings (SSSR count). The lowest BCUT2D eigenvalue weighted by Gasteiger charge is -2.30. The van der Waals surface area contributed by atoms with Gasteiger partial charge in [-0.2, -0.15) is 0 Å². The van der Waals surface area contributed by atoms with E-state index in [9.17, 15) is 0 Å². The summed E-state index contributed by atoms with van der Waals surface area (Å²) in [6.45, 7) is 5.00. The van der Waals surface area contributed by atoms with E-state index in [1.165, 1.54) is 36.8 Å². The Morgan fingerprint density at radius 3 is 2.33 bits per heavy atom. The minimum Gasteiger partial charge on any atom is -0.369 e. The molecule has 0 saturated heterocycles. The Morgan fingerprint density at radius 1 is 1.17 bits per heavy atom. The van der Waals surface area contributed by atoms with Crippen molar-refractivity contribution in [3.63, 3.8) is 0 Å². The fraction of sp³-hybridized carbons (Fsp3) is 0.625. The predicted octanol–water partition coefficient (Wildman–Crippen LogP) is 3.59. The average molecular weight is 247 g/mol. The fourth-order valence-corrected chi connectivity index (χ4v) is 2.65. The summed E-state index contributed by atoms with van der Waals surface area (Å²) in [6.07, 6.45) is 5.40. The molecule has 100 valence electrons. The van der Waals surface area contributed by atoms with Gasteiger partial charge in [0.15, 0.2) is 0 Å². The van der Waals surface area contributed by atoms with Gasteiger partial charge in [0.25, 0.3) is 0 Å². The molecule has 2 nitrogen and oxygen atoms in total. The number of nitrogens with two attached hydrogens (primary N) is 1. The lowest BCUT2D eigenvalue weighted by molar-refractivity contribution is -0.0327. The first-order valence-corrected chi connectivity index (χ1v) is 7.11. The molecule has 1 fully saturated rings. The first kappa shape index (κ1) is 13.6. The summed E-state index contributed by atoms with van der Waals surface area (Å²) in [4.78, 5) is 0. The average Bonchev–Trinajstić information content (AvgIpc) is 2.39. The molecule has 0 aromatic heterocycles. The van der Waals surface area contributed by atoms with Crippen LogP contribution in [-0.2, 0) is 4.74 Å². The van der Waals surface area contributed by atoms with Crippen molar-refractivity contribution in [2.24, 2.45) is 11.7 Å². The highest BCUT2D eigenvalue weighted by atomic mass is 16.5. The maximum Gasteiger partial charge on any atom is 0.0950 e. The van der Waals surface area contributed by atoms with Gasteiger partial charge in [-0.05, 0) is 44.1 Å². The van der Waals surface area contributed by atoms with E-state index < -0.39 is 0 Å². The van der Waals surface area contributed by atoms with Crippen LogP contribution >= 0.6 is 0 Å². The fourth-order valence-electron chi connectivity index (χ4n) is 2.65. The smallest absolute Gasteiger partial charge is 0.0950 e. The van der Waals surface area contributed by atoms with Crippen LogP contribution in [0.4, 0.5) is 0 Å². The summed E-state index contributed by atoms with van der Waals surface area (Å²) >= 11 is 0. The van der Waals surface area contributed by atoms with Gasteiger partial charge in [0.2, 0.25) is 0 Å². The molecule has 1 unspecified atom stereocenters. The molecule has 18 heavy (non-hydrogen) atoms. The Kier molecular flexibility index (Phi) is 4.79. The minimum absolute atomic E-state index is 0.0593. The zero-order valence-corrected chi connectivity index (χ0v) is 11.6. The Balaban J connectivity index is 1.94. The van der Waals surface area contributed by atoms with Gasteiger partial charge in [0.05, 0.1) is 12.2 Å². The molecule has 2 heteroatoms. The molecule has 0 heterocycles. The third-order valence-electron chi connectivity index (χ3n) is 3.98. The third kappa shape index (κ3) is 3.56. The second-order valence-corrected chi connectivity index (χ2v) is 5.65. The molecule has 0 spiro atoms. The first-order valence-electron chi connectivity index (χ1n) is 7.11. The van der Waals surface area contributed by atoms with E-state index in [0.717, 1.165) is 5.92 Å². The lowest BCUT2D eigenvalue weighted by atomic mass is 9.89. The van der Waals surface area contributed by atoms with E-state index in [0.29, 0.717) is 12.6 Å². The van der Waals surface area contributed by atoms with E-state index in [4.69, 9.17) is 10.5 Å². The summed E-state index contributed by atoms with van der Waals surface area (Å²) < 4.78 is 6.19. The van der Waals surface area contributed by atoms with Crippen LogP contribution in [0.1, 0.15) is 49.8 Å². The van der Waals surface area contributed by atoms with Crippen LogP contribution in [-0.4, -0.2) is 12.6 Å². The van der Waals surface area contributed by atoms with Crippen molar-refractivity contribution in [3.05, 3.63) is 35.4 Å². The number of benzene rings is 1. The van der Waals surface area contributed by atoms with Crippen LogP contribution in [0.2, 0.25) is 0 Å². The summed E-state index contributed by atoms with van der Waals surface area (Å²) in [7, 11) is 0. The highest BCUT2D eigenvalue weighted by Crippen LogP contribution is 2.29. The highest BCUT2D eigenvalue weighted by Gasteiger charge is 2.22. The van der Waals surface area contributed by atoms with Gasteiger partial charge in [-0.25, -0.2) is 0 Å². The third-order valence-corrected chi connectivity index (χ3v) is 3.98. The largest absolute Gasteiger partial charge is 0.369 e. The summed E-state index contributed by atoms with van der Waals surface area (Å²) in [6, 6.07) is 8.53. The van der Waals surface area contributed by atoms with Crippen LogP contribution in [0.3, 0.4) is 0 Å². The van der Waals surface area contributed by atoms with Gasteiger partial charge >= 0.3 is 0 Å². The van der Waals surface area contributed by atoms with E-state index in [-0.39, 0.29) is 6.10 Å². The normalized spacial score (nSPS) is 25.9. The van der Waals surface area contributed by atoms with Crippen molar-refractivity contribution in [2.75, 3.05) is 6.54 Å². The Labute approximate surface area is 111 Å². The number of hydrogen-bond acceptors (Lipinski definition) is 2. The zero-order chi connectivity index (χ0) is 13.0. The van der Waals surface area contributed by atoms with Crippen molar-refractivity contribution in [1.82, 2.24) is 0 Å². The Morgan fingerprint density at radius 2 is 1.78 bits per heavy atom. The first-order chi connectivity index (χ1) is 8.69.